The van der Waals surface area contributed by atoms with Crippen LogP contribution in [-0.2, 0) is 12.8 Å². The summed E-state index contributed by atoms with van der Waals surface area (Å²) in [5.74, 6) is 1.77. The molecular formula is C26H20N6. The van der Waals surface area contributed by atoms with Gasteiger partial charge in [0.25, 0.3) is 0 Å². The first-order valence-electron chi connectivity index (χ1n) is 10.9. The second-order valence-electron chi connectivity index (χ2n) is 8.61. The zero-order valence-corrected chi connectivity index (χ0v) is 17.8. The quantitative estimate of drug-likeness (QED) is 0.350. The Bertz CT molecular complexity index is 1710. The Kier molecular flexibility index (Phi) is 3.43. The molecule has 3 aromatic carbocycles. The lowest BCUT2D eigenvalue weighted by Crippen LogP contribution is -2.03. The van der Waals surface area contributed by atoms with E-state index >= 15 is 0 Å². The number of aromatic amines is 2. The van der Waals surface area contributed by atoms with Gasteiger partial charge < -0.3 is 4.98 Å². The number of aryl methyl sites for hydroxylation is 4. The van der Waals surface area contributed by atoms with Crippen molar-refractivity contribution < 1.29 is 0 Å². The molecule has 0 radical (unpaired) electrons. The van der Waals surface area contributed by atoms with Gasteiger partial charge in [0.15, 0.2) is 0 Å². The van der Waals surface area contributed by atoms with Gasteiger partial charge in [-0.25, -0.2) is 15.0 Å². The lowest BCUT2D eigenvalue weighted by atomic mass is 9.89. The van der Waals surface area contributed by atoms with Crippen LogP contribution in [0.15, 0.2) is 48.8 Å². The van der Waals surface area contributed by atoms with Gasteiger partial charge in [-0.1, -0.05) is 30.3 Å². The van der Waals surface area contributed by atoms with Gasteiger partial charge in [0.2, 0.25) is 0 Å². The predicted molar refractivity (Wildman–Crippen MR) is 127 cm³/mol. The number of fused-ring (bicyclic) bond motifs is 9. The second kappa shape index (κ2) is 6.23. The van der Waals surface area contributed by atoms with Gasteiger partial charge in [0.05, 0.1) is 17.4 Å². The van der Waals surface area contributed by atoms with Gasteiger partial charge in [-0.2, -0.15) is 5.10 Å². The summed E-state index contributed by atoms with van der Waals surface area (Å²) in [5, 5.41) is 11.6. The average molecular weight is 416 g/mol. The number of imidazole rings is 2. The molecule has 3 aromatic heterocycles. The summed E-state index contributed by atoms with van der Waals surface area (Å²) in [4.78, 5) is 17.5. The highest BCUT2D eigenvalue weighted by Gasteiger charge is 2.20. The fraction of sp³-hybridized carbons (Fsp3) is 0.154. The van der Waals surface area contributed by atoms with Crippen LogP contribution in [0.4, 0.5) is 0 Å². The van der Waals surface area contributed by atoms with Crippen LogP contribution in [0.1, 0.15) is 22.9 Å². The molecule has 6 heteroatoms. The minimum Gasteiger partial charge on any atom is -0.346 e. The molecule has 6 nitrogen and oxygen atoms in total. The Morgan fingerprint density at radius 3 is 2.50 bits per heavy atom. The lowest BCUT2D eigenvalue weighted by Gasteiger charge is -2.17. The third kappa shape index (κ3) is 2.40. The Morgan fingerprint density at radius 2 is 1.59 bits per heavy atom. The van der Waals surface area contributed by atoms with Crippen molar-refractivity contribution in [3.8, 4) is 22.4 Å². The van der Waals surface area contributed by atoms with Crippen LogP contribution in [0.25, 0.3) is 55.0 Å². The smallest absolute Gasteiger partial charge is 0.126 e. The van der Waals surface area contributed by atoms with Crippen LogP contribution in [0.5, 0.6) is 0 Å². The summed E-state index contributed by atoms with van der Waals surface area (Å²) in [7, 11) is 0. The fourth-order valence-corrected chi connectivity index (χ4v) is 5.16. The Balaban J connectivity index is 1.45. The van der Waals surface area contributed by atoms with Gasteiger partial charge in [-0.15, -0.1) is 0 Å². The molecule has 0 saturated heterocycles. The van der Waals surface area contributed by atoms with Crippen molar-refractivity contribution in [2.45, 2.75) is 26.7 Å². The molecule has 154 valence electrons. The van der Waals surface area contributed by atoms with Crippen molar-refractivity contribution in [1.82, 2.24) is 30.1 Å². The molecule has 0 atom stereocenters. The number of nitrogens with zero attached hydrogens (tertiary/aromatic N) is 4. The van der Waals surface area contributed by atoms with Crippen LogP contribution in [0.3, 0.4) is 0 Å². The first-order valence-corrected chi connectivity index (χ1v) is 10.9. The summed E-state index contributed by atoms with van der Waals surface area (Å²) >= 11 is 0. The Morgan fingerprint density at radius 1 is 0.781 bits per heavy atom. The number of nitrogens with one attached hydrogen (secondary N) is 2. The van der Waals surface area contributed by atoms with E-state index in [0.717, 1.165) is 62.8 Å². The van der Waals surface area contributed by atoms with E-state index in [9.17, 15) is 0 Å². The molecule has 0 amide bonds. The summed E-state index contributed by atoms with van der Waals surface area (Å²) in [6.07, 6.45) is 5.84. The molecule has 1 aliphatic rings. The largest absolute Gasteiger partial charge is 0.346 e. The number of aromatic nitrogens is 6. The van der Waals surface area contributed by atoms with Gasteiger partial charge >= 0.3 is 0 Å². The molecule has 3 heterocycles. The highest BCUT2D eigenvalue weighted by Crippen LogP contribution is 2.38. The Labute approximate surface area is 183 Å². The van der Waals surface area contributed by atoms with Crippen molar-refractivity contribution in [3.63, 3.8) is 0 Å². The zero-order valence-electron chi connectivity index (χ0n) is 17.8. The van der Waals surface area contributed by atoms with Gasteiger partial charge in [-0.05, 0) is 54.8 Å². The van der Waals surface area contributed by atoms with Gasteiger partial charge in [0.1, 0.15) is 17.2 Å². The summed E-state index contributed by atoms with van der Waals surface area (Å²) in [5.41, 5.74) is 9.23. The van der Waals surface area contributed by atoms with E-state index < -0.39 is 0 Å². The maximum atomic E-state index is 4.72. The van der Waals surface area contributed by atoms with Crippen LogP contribution >= 0.6 is 0 Å². The average Bonchev–Trinajstić information content (AvgIpc) is 3.40. The number of rotatable bonds is 1. The van der Waals surface area contributed by atoms with E-state index in [1.165, 1.54) is 27.9 Å². The monoisotopic (exact) mass is 416 g/mol. The topological polar surface area (TPSA) is 83.1 Å². The maximum absolute atomic E-state index is 4.72. The predicted octanol–water partition coefficient (Wildman–Crippen LogP) is 5.43. The van der Waals surface area contributed by atoms with Gasteiger partial charge in [0, 0.05) is 33.6 Å². The van der Waals surface area contributed by atoms with Crippen LogP contribution < -0.4 is 0 Å². The molecule has 1 aliphatic carbocycles. The number of benzene rings is 3. The van der Waals surface area contributed by atoms with E-state index in [2.05, 4.69) is 56.6 Å². The molecular weight excluding hydrogens is 396 g/mol. The normalized spacial score (nSPS) is 13.1. The fourth-order valence-electron chi connectivity index (χ4n) is 5.16. The molecule has 0 fully saturated rings. The zero-order chi connectivity index (χ0) is 21.4. The molecule has 7 rings (SSSR count). The van der Waals surface area contributed by atoms with Crippen LogP contribution in [-0.4, -0.2) is 30.1 Å². The number of hydrogen-bond acceptors (Lipinski definition) is 4. The van der Waals surface area contributed by atoms with Crippen molar-refractivity contribution in [1.29, 1.82) is 0 Å². The summed E-state index contributed by atoms with van der Waals surface area (Å²) in [6.45, 7) is 3.96. The van der Waals surface area contributed by atoms with Crippen molar-refractivity contribution in [3.05, 3.63) is 71.7 Å². The second-order valence-corrected chi connectivity index (χ2v) is 8.61. The molecule has 0 bridgehead atoms. The minimum atomic E-state index is 0.786. The molecule has 6 aromatic rings. The summed E-state index contributed by atoms with van der Waals surface area (Å²) in [6, 6.07) is 13.4. The third-order valence-corrected chi connectivity index (χ3v) is 6.59. The highest BCUT2D eigenvalue weighted by molar-refractivity contribution is 6.23. The standard InChI is InChI=1S/C26H20N6/c1-13-29-23-8-5-17-9-15(3-6-18(17)24(23)30-13)16-4-7-19-20(10-16)21-11-27-28-12-22(21)26-25(19)31-14(2)32-26/h3-4,6-7,9-12,27H,5,8H2,1-2H3,(H,29,30). The molecule has 2 N–H and O–H groups in total. The lowest BCUT2D eigenvalue weighted by molar-refractivity contribution is 0.905. The van der Waals surface area contributed by atoms with Crippen LogP contribution in [0, 0.1) is 13.8 Å². The number of hydrogen-bond donors (Lipinski definition) is 2. The molecule has 0 aliphatic heterocycles. The van der Waals surface area contributed by atoms with Crippen molar-refractivity contribution in [2.75, 3.05) is 0 Å². The van der Waals surface area contributed by atoms with E-state index in [4.69, 9.17) is 9.97 Å². The molecule has 0 saturated carbocycles. The number of H-pyrrole nitrogens is 2. The Hall–Kier alpha value is -4.06. The van der Waals surface area contributed by atoms with Crippen LogP contribution in [0.2, 0.25) is 0 Å². The maximum Gasteiger partial charge on any atom is 0.126 e. The first-order chi connectivity index (χ1) is 15.7. The van der Waals surface area contributed by atoms with E-state index in [1.54, 1.807) is 0 Å². The SMILES string of the molecule is Cc1nc2c3ccc(-c4ccc5c(c4)CCc4[nH]c(C)nc4-5)cc3c3c[nH]ncc3c2n1. The third-order valence-electron chi connectivity index (χ3n) is 6.59. The van der Waals surface area contributed by atoms with Crippen molar-refractivity contribution in [2.24, 2.45) is 0 Å². The van der Waals surface area contributed by atoms with E-state index in [1.807, 2.05) is 26.2 Å². The first kappa shape index (κ1) is 17.6. The highest BCUT2D eigenvalue weighted by atomic mass is 15.1. The molecule has 32 heavy (non-hydrogen) atoms. The minimum absolute atomic E-state index is 0.786. The molecule has 0 spiro atoms. The van der Waals surface area contributed by atoms with E-state index in [-0.39, 0.29) is 0 Å². The summed E-state index contributed by atoms with van der Waals surface area (Å²) < 4.78 is 0. The molecule has 0 unspecified atom stereocenters. The van der Waals surface area contributed by atoms with Gasteiger partial charge in [-0.3, -0.25) is 5.10 Å². The van der Waals surface area contributed by atoms with Crippen molar-refractivity contribution >= 4 is 32.6 Å². The van der Waals surface area contributed by atoms with E-state index in [0.29, 0.717) is 0 Å².